The van der Waals surface area contributed by atoms with E-state index >= 15 is 0 Å². The van der Waals surface area contributed by atoms with Crippen LogP contribution in [0.2, 0.25) is 0 Å². The minimum Gasteiger partial charge on any atom is -0.339 e. The minimum absolute atomic E-state index is 0.187. The van der Waals surface area contributed by atoms with E-state index in [4.69, 9.17) is 0 Å². The molecule has 178 valence electrons. The predicted molar refractivity (Wildman–Crippen MR) is 123 cm³/mol. The first kappa shape index (κ1) is 24.6. The van der Waals surface area contributed by atoms with Crippen molar-refractivity contribution in [2.45, 2.75) is 38.6 Å². The van der Waals surface area contributed by atoms with Crippen LogP contribution in [-0.4, -0.2) is 50.5 Å². The number of benzene rings is 2. The number of para-hydroxylation sites is 1. The van der Waals surface area contributed by atoms with Gasteiger partial charge in [0.2, 0.25) is 15.9 Å². The highest BCUT2D eigenvalue weighted by molar-refractivity contribution is 7.92. The Morgan fingerprint density at radius 3 is 2.24 bits per heavy atom. The van der Waals surface area contributed by atoms with Crippen molar-refractivity contribution in [2.75, 3.05) is 29.0 Å². The summed E-state index contributed by atoms with van der Waals surface area (Å²) < 4.78 is 52.6. The van der Waals surface area contributed by atoms with Gasteiger partial charge in [-0.2, -0.15) is 0 Å². The molecular weight excluding hydrogens is 452 g/mol. The summed E-state index contributed by atoms with van der Waals surface area (Å²) in [6.07, 6.45) is 4.81. The van der Waals surface area contributed by atoms with Gasteiger partial charge in [-0.3, -0.25) is 13.9 Å². The van der Waals surface area contributed by atoms with Gasteiger partial charge in [0.25, 0.3) is 5.91 Å². The molecule has 1 atom stereocenters. The van der Waals surface area contributed by atoms with Gasteiger partial charge in [-0.1, -0.05) is 25.0 Å². The third kappa shape index (κ3) is 5.87. The van der Waals surface area contributed by atoms with Crippen molar-refractivity contribution in [3.8, 4) is 0 Å². The molecule has 1 fully saturated rings. The lowest BCUT2D eigenvalue weighted by Gasteiger charge is -2.28. The first-order valence-electron chi connectivity index (χ1n) is 10.7. The fourth-order valence-electron chi connectivity index (χ4n) is 3.89. The number of carbonyl (C=O) groups is 2. The first-order chi connectivity index (χ1) is 15.6. The zero-order valence-corrected chi connectivity index (χ0v) is 19.4. The van der Waals surface area contributed by atoms with Gasteiger partial charge in [0, 0.05) is 19.2 Å². The highest BCUT2D eigenvalue weighted by atomic mass is 32.2. The van der Waals surface area contributed by atoms with E-state index in [0.717, 1.165) is 50.1 Å². The third-order valence-corrected chi connectivity index (χ3v) is 6.80. The molecule has 0 aromatic heterocycles. The Hall–Kier alpha value is -3.01. The van der Waals surface area contributed by atoms with Crippen LogP contribution < -0.4 is 9.62 Å². The summed E-state index contributed by atoms with van der Waals surface area (Å²) in [7, 11) is -4.02. The Morgan fingerprint density at radius 2 is 1.64 bits per heavy atom. The van der Waals surface area contributed by atoms with E-state index in [1.165, 1.54) is 6.92 Å². The number of carbonyl (C=O) groups excluding carboxylic acids is 2. The van der Waals surface area contributed by atoms with Crippen LogP contribution in [0.25, 0.3) is 0 Å². The molecule has 2 amide bonds. The highest BCUT2D eigenvalue weighted by Crippen LogP contribution is 2.25. The fraction of sp³-hybridized carbons (Fsp3) is 0.391. The molecule has 0 bridgehead atoms. The normalized spacial score (nSPS) is 15.5. The van der Waals surface area contributed by atoms with Gasteiger partial charge in [-0.05, 0) is 44.0 Å². The van der Waals surface area contributed by atoms with E-state index in [1.807, 2.05) is 0 Å². The van der Waals surface area contributed by atoms with Gasteiger partial charge in [-0.25, -0.2) is 17.2 Å². The van der Waals surface area contributed by atoms with Crippen LogP contribution in [0, 0.1) is 11.6 Å². The van der Waals surface area contributed by atoms with E-state index in [-0.39, 0.29) is 17.3 Å². The van der Waals surface area contributed by atoms with Gasteiger partial charge in [0.05, 0.1) is 23.2 Å². The zero-order chi connectivity index (χ0) is 24.2. The number of nitrogens with one attached hydrogen (secondary N) is 1. The third-order valence-electron chi connectivity index (χ3n) is 5.55. The summed E-state index contributed by atoms with van der Waals surface area (Å²) >= 11 is 0. The molecule has 1 heterocycles. The number of rotatable bonds is 6. The molecule has 0 saturated carbocycles. The van der Waals surface area contributed by atoms with E-state index in [9.17, 15) is 26.8 Å². The quantitative estimate of drug-likeness (QED) is 0.683. The lowest BCUT2D eigenvalue weighted by atomic mass is 10.1. The van der Waals surface area contributed by atoms with Crippen LogP contribution in [-0.2, 0) is 14.8 Å². The molecule has 0 radical (unpaired) electrons. The number of likely N-dealkylation sites (tertiary alicyclic amines) is 1. The molecule has 1 N–H and O–H groups in total. The molecule has 33 heavy (non-hydrogen) atoms. The van der Waals surface area contributed by atoms with Crippen molar-refractivity contribution in [1.29, 1.82) is 0 Å². The molecule has 1 aliphatic heterocycles. The smallest absolute Gasteiger partial charge is 0.255 e. The summed E-state index contributed by atoms with van der Waals surface area (Å²) in [5.41, 5.74) is 0.369. The number of anilines is 2. The van der Waals surface area contributed by atoms with Crippen molar-refractivity contribution in [1.82, 2.24) is 4.90 Å². The van der Waals surface area contributed by atoms with Gasteiger partial charge >= 0.3 is 0 Å². The average Bonchev–Trinajstić information content (AvgIpc) is 3.05. The van der Waals surface area contributed by atoms with E-state index < -0.39 is 33.6 Å². The van der Waals surface area contributed by atoms with Crippen molar-refractivity contribution < 1.29 is 26.8 Å². The second-order valence-electron chi connectivity index (χ2n) is 8.07. The lowest BCUT2D eigenvalue weighted by molar-refractivity contribution is -0.116. The largest absolute Gasteiger partial charge is 0.339 e. The minimum atomic E-state index is -4.02. The zero-order valence-electron chi connectivity index (χ0n) is 18.6. The van der Waals surface area contributed by atoms with Crippen LogP contribution >= 0.6 is 0 Å². The SMILES string of the molecule is CC(C(=O)Nc1ccccc1C(=O)N1CCCCCC1)N(c1ccc(F)c(F)c1)S(C)(=O)=O. The molecule has 2 aromatic carbocycles. The topological polar surface area (TPSA) is 86.8 Å². The Morgan fingerprint density at radius 1 is 1.00 bits per heavy atom. The van der Waals surface area contributed by atoms with Crippen LogP contribution in [0.15, 0.2) is 42.5 Å². The van der Waals surface area contributed by atoms with Gasteiger partial charge in [0.15, 0.2) is 11.6 Å². The molecule has 0 spiro atoms. The first-order valence-corrected chi connectivity index (χ1v) is 12.6. The van der Waals surface area contributed by atoms with Gasteiger partial charge < -0.3 is 10.2 Å². The molecule has 0 aliphatic carbocycles. The number of halogens is 2. The summed E-state index contributed by atoms with van der Waals surface area (Å²) in [5, 5.41) is 2.63. The molecule has 1 aliphatic rings. The number of hydrogen-bond acceptors (Lipinski definition) is 4. The molecule has 1 saturated heterocycles. The predicted octanol–water partition coefficient (Wildman–Crippen LogP) is 3.77. The van der Waals surface area contributed by atoms with E-state index in [0.29, 0.717) is 23.0 Å². The second-order valence-corrected chi connectivity index (χ2v) is 9.93. The van der Waals surface area contributed by atoms with Crippen LogP contribution in [0.4, 0.5) is 20.2 Å². The van der Waals surface area contributed by atoms with Crippen LogP contribution in [0.5, 0.6) is 0 Å². The molecule has 3 rings (SSSR count). The second kappa shape index (κ2) is 10.3. The summed E-state index contributed by atoms with van der Waals surface area (Å²) in [6, 6.07) is 7.82. The summed E-state index contributed by atoms with van der Waals surface area (Å²) in [4.78, 5) is 27.9. The van der Waals surface area contributed by atoms with E-state index in [1.54, 1.807) is 29.2 Å². The Bertz CT molecular complexity index is 1130. The van der Waals surface area contributed by atoms with Gasteiger partial charge in [0.1, 0.15) is 6.04 Å². The van der Waals surface area contributed by atoms with Crippen molar-refractivity contribution >= 4 is 33.2 Å². The maximum atomic E-state index is 13.7. The van der Waals surface area contributed by atoms with Crippen LogP contribution in [0.1, 0.15) is 43.0 Å². The number of nitrogens with zero attached hydrogens (tertiary/aromatic N) is 2. The number of amides is 2. The molecule has 1 unspecified atom stereocenters. The maximum absolute atomic E-state index is 13.7. The highest BCUT2D eigenvalue weighted by Gasteiger charge is 2.31. The number of sulfonamides is 1. The molecule has 2 aromatic rings. The molecule has 10 heteroatoms. The van der Waals surface area contributed by atoms with E-state index in [2.05, 4.69) is 5.32 Å². The summed E-state index contributed by atoms with van der Waals surface area (Å²) in [6.45, 7) is 2.60. The summed E-state index contributed by atoms with van der Waals surface area (Å²) in [5.74, 6) is -3.30. The number of hydrogen-bond donors (Lipinski definition) is 1. The lowest BCUT2D eigenvalue weighted by Crippen LogP contribution is -2.45. The Kier molecular flexibility index (Phi) is 7.68. The Balaban J connectivity index is 1.86. The Labute approximate surface area is 192 Å². The van der Waals surface area contributed by atoms with Gasteiger partial charge in [-0.15, -0.1) is 0 Å². The molecular formula is C23H27F2N3O4S. The van der Waals surface area contributed by atoms with Crippen molar-refractivity contribution in [2.24, 2.45) is 0 Å². The maximum Gasteiger partial charge on any atom is 0.255 e. The molecule has 7 nitrogen and oxygen atoms in total. The van der Waals surface area contributed by atoms with Crippen LogP contribution in [0.3, 0.4) is 0 Å². The van der Waals surface area contributed by atoms with Crippen molar-refractivity contribution in [3.05, 3.63) is 59.7 Å². The monoisotopic (exact) mass is 479 g/mol. The standard InChI is InChI=1S/C23H27F2N3O4S/c1-16(28(33(2,31)32)17-11-12-19(24)20(25)15-17)22(29)26-21-10-6-5-9-18(21)23(30)27-13-7-3-4-8-14-27/h5-6,9-12,15-16H,3-4,7-8,13-14H2,1-2H3,(H,26,29). The van der Waals surface area contributed by atoms with Crippen molar-refractivity contribution in [3.63, 3.8) is 0 Å². The average molecular weight is 480 g/mol. The fourth-order valence-corrected chi connectivity index (χ4v) is 5.06.